The second-order valence-corrected chi connectivity index (χ2v) is 10.5. The lowest BCUT2D eigenvalue weighted by atomic mass is 9.86. The van der Waals surface area contributed by atoms with E-state index in [0.29, 0.717) is 18.0 Å². The summed E-state index contributed by atoms with van der Waals surface area (Å²) in [6, 6.07) is 15.7. The van der Waals surface area contributed by atoms with Crippen LogP contribution in [0.15, 0.2) is 48.5 Å². The minimum absolute atomic E-state index is 0.146. The number of primary amides is 1. The highest BCUT2D eigenvalue weighted by Crippen LogP contribution is 2.43. The van der Waals surface area contributed by atoms with Crippen molar-refractivity contribution in [1.82, 2.24) is 9.88 Å². The molecule has 1 aliphatic rings. The van der Waals surface area contributed by atoms with Crippen LogP contribution in [0.1, 0.15) is 41.6 Å². The number of ether oxygens (including phenoxy) is 2. The SMILES string of the molecule is COc1ccc2cc([C@]3(C)CCCCN3C[C@H](O)COc3cccc4[nH]c(C(N)=O)cc34)sc2c1. The third-order valence-corrected chi connectivity index (χ3v) is 8.40. The zero-order valence-corrected chi connectivity index (χ0v) is 20.9. The van der Waals surface area contributed by atoms with Crippen LogP contribution in [0.25, 0.3) is 21.0 Å². The first-order valence-corrected chi connectivity index (χ1v) is 12.7. The monoisotopic (exact) mass is 493 g/mol. The molecule has 0 saturated carbocycles. The molecule has 0 bridgehead atoms. The van der Waals surface area contributed by atoms with Crippen LogP contribution >= 0.6 is 11.3 Å². The van der Waals surface area contributed by atoms with Gasteiger partial charge in [-0.05, 0) is 80.6 Å². The molecule has 2 aromatic carbocycles. The zero-order valence-electron chi connectivity index (χ0n) is 20.0. The number of fused-ring (bicyclic) bond motifs is 2. The number of nitrogens with one attached hydrogen (secondary N) is 1. The van der Waals surface area contributed by atoms with Gasteiger partial charge in [-0.2, -0.15) is 0 Å². The number of aromatic amines is 1. The Morgan fingerprint density at radius 1 is 1.26 bits per heavy atom. The molecular formula is C27H31N3O4S. The predicted molar refractivity (Wildman–Crippen MR) is 139 cm³/mol. The van der Waals surface area contributed by atoms with Crippen molar-refractivity contribution in [2.45, 2.75) is 37.8 Å². The van der Waals surface area contributed by atoms with Crippen LogP contribution in [0.5, 0.6) is 11.5 Å². The molecule has 0 radical (unpaired) electrons. The molecule has 0 spiro atoms. The van der Waals surface area contributed by atoms with Crippen LogP contribution in [0.3, 0.4) is 0 Å². The first-order chi connectivity index (χ1) is 16.9. The van der Waals surface area contributed by atoms with Gasteiger partial charge in [0.25, 0.3) is 5.91 Å². The standard InChI is InChI=1S/C27H31N3O4S/c1-27(25-12-17-8-9-19(33-2)13-24(17)35-25)10-3-4-11-30(27)15-18(31)16-34-23-7-5-6-21-20(23)14-22(29-21)26(28)32/h5-9,12-14,18,29,31H,3-4,10-11,15-16H2,1-2H3,(H2,28,32)/t18-,27-/m0/s1. The molecule has 7 nitrogen and oxygen atoms in total. The van der Waals surface area contributed by atoms with E-state index in [1.165, 1.54) is 15.0 Å². The van der Waals surface area contributed by atoms with E-state index in [2.05, 4.69) is 35.0 Å². The van der Waals surface area contributed by atoms with Crippen molar-refractivity contribution in [3.05, 3.63) is 59.1 Å². The molecule has 2 aromatic heterocycles. The van der Waals surface area contributed by atoms with Crippen molar-refractivity contribution in [2.24, 2.45) is 5.73 Å². The van der Waals surface area contributed by atoms with Gasteiger partial charge in [-0.25, -0.2) is 0 Å². The van der Waals surface area contributed by atoms with Gasteiger partial charge in [0.2, 0.25) is 0 Å². The molecule has 0 aliphatic carbocycles. The number of benzene rings is 2. The van der Waals surface area contributed by atoms with Crippen molar-refractivity contribution < 1.29 is 19.4 Å². The second kappa shape index (κ2) is 9.53. The Morgan fingerprint density at radius 3 is 2.91 bits per heavy atom. The fourth-order valence-corrected chi connectivity index (χ4v) is 6.33. The highest BCUT2D eigenvalue weighted by atomic mass is 32.1. The van der Waals surface area contributed by atoms with E-state index in [4.69, 9.17) is 15.2 Å². The molecule has 1 aliphatic heterocycles. The average Bonchev–Trinajstić information content (AvgIpc) is 3.49. The van der Waals surface area contributed by atoms with Crippen LogP contribution in [0.2, 0.25) is 0 Å². The molecule has 0 unspecified atom stereocenters. The van der Waals surface area contributed by atoms with Crippen LogP contribution in [0.4, 0.5) is 0 Å². The Hall–Kier alpha value is -3.07. The fraction of sp³-hybridized carbons (Fsp3) is 0.370. The molecule has 8 heteroatoms. The maximum Gasteiger partial charge on any atom is 0.265 e. The van der Waals surface area contributed by atoms with Crippen molar-refractivity contribution in [2.75, 3.05) is 26.8 Å². The Bertz CT molecular complexity index is 1360. The number of nitrogens with zero attached hydrogens (tertiary/aromatic N) is 1. The summed E-state index contributed by atoms with van der Waals surface area (Å²) in [5.41, 5.74) is 6.37. The maximum absolute atomic E-state index is 11.5. The van der Waals surface area contributed by atoms with Gasteiger partial charge in [-0.3, -0.25) is 9.69 Å². The van der Waals surface area contributed by atoms with E-state index in [0.717, 1.165) is 42.5 Å². The maximum atomic E-state index is 11.5. The summed E-state index contributed by atoms with van der Waals surface area (Å²) in [6.07, 6.45) is 2.66. The number of likely N-dealkylation sites (tertiary alicyclic amines) is 1. The molecule has 35 heavy (non-hydrogen) atoms. The minimum atomic E-state index is -0.660. The number of nitrogens with two attached hydrogens (primary N) is 1. The number of aromatic nitrogens is 1. The number of hydrogen-bond donors (Lipinski definition) is 3. The van der Waals surface area contributed by atoms with Gasteiger partial charge in [-0.1, -0.05) is 6.07 Å². The normalized spacial score (nSPS) is 19.7. The van der Waals surface area contributed by atoms with Crippen molar-refractivity contribution in [3.8, 4) is 11.5 Å². The number of hydrogen-bond acceptors (Lipinski definition) is 6. The Labute approximate surface area is 208 Å². The van der Waals surface area contributed by atoms with E-state index in [1.807, 2.05) is 24.3 Å². The molecule has 5 rings (SSSR count). The third-order valence-electron chi connectivity index (χ3n) is 7.05. The molecular weight excluding hydrogens is 462 g/mol. The highest BCUT2D eigenvalue weighted by Gasteiger charge is 2.38. The van der Waals surface area contributed by atoms with Crippen molar-refractivity contribution in [3.63, 3.8) is 0 Å². The Kier molecular flexibility index (Phi) is 6.44. The molecule has 1 saturated heterocycles. The van der Waals surface area contributed by atoms with Crippen LogP contribution in [-0.2, 0) is 5.54 Å². The lowest BCUT2D eigenvalue weighted by Gasteiger charge is -2.45. The van der Waals surface area contributed by atoms with Gasteiger partial charge in [0, 0.05) is 27.0 Å². The zero-order chi connectivity index (χ0) is 24.6. The summed E-state index contributed by atoms with van der Waals surface area (Å²) < 4.78 is 12.6. The van der Waals surface area contributed by atoms with Gasteiger partial charge in [0.1, 0.15) is 29.9 Å². The lowest BCUT2D eigenvalue weighted by molar-refractivity contribution is 0.000233. The van der Waals surface area contributed by atoms with E-state index < -0.39 is 12.0 Å². The molecule has 2 atom stereocenters. The number of carbonyl (C=O) groups is 1. The topological polar surface area (TPSA) is 101 Å². The highest BCUT2D eigenvalue weighted by molar-refractivity contribution is 7.19. The summed E-state index contributed by atoms with van der Waals surface area (Å²) in [5.74, 6) is 0.964. The number of β-amino-alcohol motifs (C(OH)–C–C–N with tert-alkyl or cyclic N) is 1. The van der Waals surface area contributed by atoms with E-state index in [1.54, 1.807) is 24.5 Å². The third kappa shape index (κ3) is 4.61. The van der Waals surface area contributed by atoms with Gasteiger partial charge in [0.05, 0.1) is 12.6 Å². The molecule has 3 heterocycles. The molecule has 4 aromatic rings. The number of methoxy groups -OCH3 is 1. The van der Waals surface area contributed by atoms with Gasteiger partial charge in [0.15, 0.2) is 0 Å². The van der Waals surface area contributed by atoms with E-state index >= 15 is 0 Å². The summed E-state index contributed by atoms with van der Waals surface area (Å²) in [7, 11) is 1.69. The van der Waals surface area contributed by atoms with E-state index in [-0.39, 0.29) is 12.1 Å². The fourth-order valence-electron chi connectivity index (χ4n) is 5.03. The first kappa shape index (κ1) is 23.7. The van der Waals surface area contributed by atoms with Crippen molar-refractivity contribution >= 4 is 38.2 Å². The largest absolute Gasteiger partial charge is 0.497 e. The summed E-state index contributed by atoms with van der Waals surface area (Å²) in [5, 5.41) is 12.9. The Balaban J connectivity index is 1.31. The van der Waals surface area contributed by atoms with Gasteiger partial charge >= 0.3 is 0 Å². The number of piperidine rings is 1. The average molecular weight is 494 g/mol. The smallest absolute Gasteiger partial charge is 0.265 e. The summed E-state index contributed by atoms with van der Waals surface area (Å²) >= 11 is 1.80. The number of H-pyrrole nitrogens is 1. The number of rotatable bonds is 8. The number of carbonyl (C=O) groups excluding carboxylic acids is 1. The number of aliphatic hydroxyl groups excluding tert-OH is 1. The van der Waals surface area contributed by atoms with Crippen LogP contribution in [0, 0.1) is 0 Å². The summed E-state index contributed by atoms with van der Waals surface area (Å²) in [6.45, 7) is 3.89. The Morgan fingerprint density at radius 2 is 2.11 bits per heavy atom. The first-order valence-electron chi connectivity index (χ1n) is 11.9. The number of thiophene rings is 1. The quantitative estimate of drug-likeness (QED) is 0.332. The molecule has 4 N–H and O–H groups in total. The number of amides is 1. The van der Waals surface area contributed by atoms with Crippen LogP contribution in [-0.4, -0.2) is 53.8 Å². The molecule has 1 fully saturated rings. The van der Waals surface area contributed by atoms with Gasteiger partial charge in [-0.15, -0.1) is 11.3 Å². The number of aliphatic hydroxyl groups is 1. The molecule has 1 amide bonds. The van der Waals surface area contributed by atoms with Gasteiger partial charge < -0.3 is 25.3 Å². The van der Waals surface area contributed by atoms with E-state index in [9.17, 15) is 9.90 Å². The van der Waals surface area contributed by atoms with Crippen molar-refractivity contribution in [1.29, 1.82) is 0 Å². The minimum Gasteiger partial charge on any atom is -0.497 e. The molecule has 184 valence electrons. The second-order valence-electron chi connectivity index (χ2n) is 9.42. The summed E-state index contributed by atoms with van der Waals surface area (Å²) in [4.78, 5) is 18.2. The lowest BCUT2D eigenvalue weighted by Crippen LogP contribution is -2.50. The van der Waals surface area contributed by atoms with Crippen LogP contribution < -0.4 is 15.2 Å². The predicted octanol–water partition coefficient (Wildman–Crippen LogP) is 4.63.